The molecule has 12 nitrogen and oxygen atoms in total. The maximum atomic E-state index is 12.5. The second-order valence-electron chi connectivity index (χ2n) is 12.6. The van der Waals surface area contributed by atoms with E-state index in [1.807, 2.05) is 110 Å². The number of aliphatic imine (C=N–C) groups is 2. The summed E-state index contributed by atoms with van der Waals surface area (Å²) in [5, 5.41) is 27.4. The number of aromatic nitrogens is 4. The zero-order valence-corrected chi connectivity index (χ0v) is 33.2. The molecule has 1 aliphatic rings. The molecule has 1 heterocycles. The van der Waals surface area contributed by atoms with Crippen molar-refractivity contribution in [3.8, 4) is 11.4 Å². The van der Waals surface area contributed by atoms with E-state index < -0.39 is 0 Å². The van der Waals surface area contributed by atoms with Crippen LogP contribution >= 0.6 is 22.6 Å². The van der Waals surface area contributed by atoms with E-state index in [4.69, 9.17) is 9.98 Å². The van der Waals surface area contributed by atoms with Gasteiger partial charge in [-0.1, -0.05) is 42.5 Å². The van der Waals surface area contributed by atoms with Crippen molar-refractivity contribution in [1.29, 1.82) is 0 Å². The maximum Gasteiger partial charge on any atom is 0.220 e. The number of anilines is 1. The average Bonchev–Trinajstić information content (AvgIpc) is 3.22. The number of para-hydroxylation sites is 1. The number of hydrogen-bond donors (Lipinski definition) is 1. The molecule has 1 aromatic heterocycles. The van der Waals surface area contributed by atoms with Gasteiger partial charge in [-0.3, -0.25) is 4.79 Å². The predicted octanol–water partition coefficient (Wildman–Crippen LogP) is 9.13. The van der Waals surface area contributed by atoms with Crippen LogP contribution in [0.4, 0.5) is 28.4 Å². The smallest absolute Gasteiger partial charge is 0.220 e. The van der Waals surface area contributed by atoms with Crippen LogP contribution in [0.3, 0.4) is 0 Å². The van der Waals surface area contributed by atoms with Crippen molar-refractivity contribution in [3.63, 3.8) is 0 Å². The summed E-state index contributed by atoms with van der Waals surface area (Å²) >= 11 is 2.30. The zero-order valence-electron chi connectivity index (χ0n) is 31.0. The van der Waals surface area contributed by atoms with E-state index in [0.717, 1.165) is 86.3 Å². The summed E-state index contributed by atoms with van der Waals surface area (Å²) in [6.45, 7) is 7.33. The molecule has 0 aliphatic heterocycles. The molecular formula is C42H42IN11O. The molecule has 6 rings (SSSR count). The van der Waals surface area contributed by atoms with E-state index in [2.05, 4.69) is 94.3 Å². The third-order valence-electron chi connectivity index (χ3n) is 8.84. The Bertz CT molecular complexity index is 2200. The van der Waals surface area contributed by atoms with E-state index in [1.165, 1.54) is 6.33 Å². The molecule has 278 valence electrons. The molecule has 5 aromatic rings. The molecule has 55 heavy (non-hydrogen) atoms. The third kappa shape index (κ3) is 11.0. The minimum absolute atomic E-state index is 0.0113. The van der Waals surface area contributed by atoms with Gasteiger partial charge in [0.2, 0.25) is 11.7 Å². The Balaban J connectivity index is 0.999. The molecule has 0 atom stereocenters. The van der Waals surface area contributed by atoms with Crippen molar-refractivity contribution in [2.45, 2.75) is 33.2 Å². The third-order valence-corrected chi connectivity index (χ3v) is 9.71. The molecule has 13 heteroatoms. The summed E-state index contributed by atoms with van der Waals surface area (Å²) in [4.78, 5) is 26.9. The molecule has 0 saturated heterocycles. The van der Waals surface area contributed by atoms with E-state index in [-0.39, 0.29) is 5.91 Å². The normalized spacial score (nSPS) is 14.0. The van der Waals surface area contributed by atoms with Crippen LogP contribution in [0.15, 0.2) is 148 Å². The van der Waals surface area contributed by atoms with Gasteiger partial charge in [0.15, 0.2) is 6.33 Å². The Hall–Kier alpha value is -5.96. The summed E-state index contributed by atoms with van der Waals surface area (Å²) in [6, 6.07) is 31.4. The fourth-order valence-electron chi connectivity index (χ4n) is 5.78. The number of rotatable bonds is 15. The van der Waals surface area contributed by atoms with Crippen molar-refractivity contribution in [2.75, 3.05) is 31.6 Å². The molecule has 0 fully saturated rings. The first-order chi connectivity index (χ1) is 26.9. The van der Waals surface area contributed by atoms with Gasteiger partial charge in [-0.05, 0) is 121 Å². The maximum absolute atomic E-state index is 12.5. The van der Waals surface area contributed by atoms with Gasteiger partial charge in [0, 0.05) is 60.2 Å². The fraction of sp³-hybridized carbons (Fsp3) is 0.214. The first kappa shape index (κ1) is 38.8. The molecule has 0 spiro atoms. The van der Waals surface area contributed by atoms with Gasteiger partial charge in [0.25, 0.3) is 0 Å². The van der Waals surface area contributed by atoms with Crippen LogP contribution in [0.1, 0.15) is 32.3 Å². The first-order valence-electron chi connectivity index (χ1n) is 18.1. The van der Waals surface area contributed by atoms with Crippen LogP contribution in [0.2, 0.25) is 0 Å². The Labute approximate surface area is 335 Å². The summed E-state index contributed by atoms with van der Waals surface area (Å²) in [7, 11) is 2.02. The van der Waals surface area contributed by atoms with E-state index in [9.17, 15) is 4.79 Å². The van der Waals surface area contributed by atoms with Crippen LogP contribution in [-0.2, 0) is 11.3 Å². The molecule has 0 bridgehead atoms. The van der Waals surface area contributed by atoms with Gasteiger partial charge in [-0.2, -0.15) is 10.2 Å². The summed E-state index contributed by atoms with van der Waals surface area (Å²) in [5.41, 5.74) is 8.80. The average molecular weight is 844 g/mol. The van der Waals surface area contributed by atoms with Crippen molar-refractivity contribution in [1.82, 2.24) is 30.6 Å². The van der Waals surface area contributed by atoms with Gasteiger partial charge >= 0.3 is 0 Å². The lowest BCUT2D eigenvalue weighted by atomic mass is 10.1. The van der Waals surface area contributed by atoms with Crippen LogP contribution in [0.5, 0.6) is 0 Å². The first-order valence-corrected chi connectivity index (χ1v) is 19.2. The standard InChI is InChI=1S/C42H42IN11O/c1-4-54(5-2)36-22-24-39(40(27-36)47-32-10-7-6-8-11-32)48-38-23-19-34(26-37(38)43)50-49-33-17-20-35(21-18-33)53(3)25-9-12-41(55)44-28-30-13-15-31(16-14-30)42-51-45-29-46-52-42/h6-8,10-11,13-24,26-27,29H,4-5,9,12,25,28H2,1-3H3,(H,44,55)/b47-40+,48-39-,50-49+. The number of allylic oxidation sites excluding steroid dienone is 3. The highest BCUT2D eigenvalue weighted by molar-refractivity contribution is 14.1. The largest absolute Gasteiger partial charge is 0.375 e. The number of likely N-dealkylation sites (N-methyl/N-ethyl adjacent to an activating group) is 1. The van der Waals surface area contributed by atoms with Crippen molar-refractivity contribution in [2.24, 2.45) is 20.2 Å². The lowest BCUT2D eigenvalue weighted by Gasteiger charge is -2.24. The minimum Gasteiger partial charge on any atom is -0.375 e. The highest BCUT2D eigenvalue weighted by Crippen LogP contribution is 2.29. The van der Waals surface area contributed by atoms with Gasteiger partial charge in [-0.15, -0.1) is 20.4 Å². The predicted molar refractivity (Wildman–Crippen MR) is 228 cm³/mol. The molecule has 1 aliphatic carbocycles. The highest BCUT2D eigenvalue weighted by atomic mass is 127. The van der Waals surface area contributed by atoms with Gasteiger partial charge < -0.3 is 15.1 Å². The SMILES string of the molecule is CCN(CC)C1=CC(=N\c2ccccc2)/C(=N\c2ccc(/N=N/c3ccc(N(C)CCCC(=O)NCc4ccc(-c5nncnn5)cc4)cc3)cc2I)C=C1. The van der Waals surface area contributed by atoms with Crippen LogP contribution in [0.25, 0.3) is 11.4 Å². The van der Waals surface area contributed by atoms with E-state index in [1.54, 1.807) is 0 Å². The Morgan fingerprint density at radius 1 is 0.782 bits per heavy atom. The molecule has 4 aromatic carbocycles. The molecule has 0 radical (unpaired) electrons. The number of nitrogens with one attached hydrogen (secondary N) is 1. The zero-order chi connectivity index (χ0) is 38.4. The molecule has 0 unspecified atom stereocenters. The van der Waals surface area contributed by atoms with E-state index in [0.29, 0.717) is 18.8 Å². The van der Waals surface area contributed by atoms with Gasteiger partial charge in [0.05, 0.1) is 34.2 Å². The molecule has 0 saturated carbocycles. The lowest BCUT2D eigenvalue weighted by Crippen LogP contribution is -2.25. The molecule has 1 N–H and O–H groups in total. The number of amides is 1. The van der Waals surface area contributed by atoms with Crippen LogP contribution < -0.4 is 10.2 Å². The van der Waals surface area contributed by atoms with Crippen molar-refractivity contribution in [3.05, 3.63) is 136 Å². The van der Waals surface area contributed by atoms with E-state index >= 15 is 0 Å². The molecule has 1 amide bonds. The van der Waals surface area contributed by atoms with Crippen molar-refractivity contribution < 1.29 is 4.79 Å². The molecular weight excluding hydrogens is 801 g/mol. The summed E-state index contributed by atoms with van der Waals surface area (Å²) in [6.07, 6.45) is 8.71. The highest BCUT2D eigenvalue weighted by Gasteiger charge is 2.15. The minimum atomic E-state index is 0.0113. The Morgan fingerprint density at radius 3 is 2.20 bits per heavy atom. The number of azo groups is 1. The topological polar surface area (TPSA) is 137 Å². The number of nitrogens with zero attached hydrogens (tertiary/aromatic N) is 10. The quantitative estimate of drug-likeness (QED) is 0.0631. The number of carbonyl (C=O) groups excluding carboxylic acids is 1. The monoisotopic (exact) mass is 843 g/mol. The Morgan fingerprint density at radius 2 is 1.49 bits per heavy atom. The second-order valence-corrected chi connectivity index (χ2v) is 13.8. The lowest BCUT2D eigenvalue weighted by molar-refractivity contribution is -0.121. The number of halogens is 1. The summed E-state index contributed by atoms with van der Waals surface area (Å²) in [5.74, 6) is 0.474. The second kappa shape index (κ2) is 19.4. The summed E-state index contributed by atoms with van der Waals surface area (Å²) < 4.78 is 0.960. The fourth-order valence-corrected chi connectivity index (χ4v) is 6.40. The number of benzene rings is 4. The van der Waals surface area contributed by atoms with Crippen molar-refractivity contribution >= 4 is 68.4 Å². The van der Waals surface area contributed by atoms with Crippen LogP contribution in [0, 0.1) is 3.57 Å². The van der Waals surface area contributed by atoms with Gasteiger partial charge in [0.1, 0.15) is 0 Å². The number of hydrogen-bond acceptors (Lipinski definition) is 11. The van der Waals surface area contributed by atoms with Gasteiger partial charge in [-0.25, -0.2) is 9.98 Å². The Kier molecular flexibility index (Phi) is 13.7. The number of carbonyl (C=O) groups is 1. The van der Waals surface area contributed by atoms with Crippen LogP contribution in [-0.4, -0.2) is 69.3 Å².